The van der Waals surface area contributed by atoms with E-state index in [4.69, 9.17) is 16.3 Å². The summed E-state index contributed by atoms with van der Waals surface area (Å²) < 4.78 is 7.13. The predicted molar refractivity (Wildman–Crippen MR) is 102 cm³/mol. The summed E-state index contributed by atoms with van der Waals surface area (Å²) in [4.78, 5) is 11.4. The van der Waals surface area contributed by atoms with Crippen molar-refractivity contribution in [3.05, 3.63) is 59.4 Å². The number of halogens is 1. The van der Waals surface area contributed by atoms with Gasteiger partial charge in [0.1, 0.15) is 5.75 Å². The van der Waals surface area contributed by atoms with Gasteiger partial charge in [-0.1, -0.05) is 11.6 Å². The molecule has 3 rings (SSSR count). The minimum atomic E-state index is -1.12. The molecule has 0 spiro atoms. The lowest BCUT2D eigenvalue weighted by atomic mass is 10.2. The molecule has 0 aliphatic rings. The summed E-state index contributed by atoms with van der Waals surface area (Å²) in [5, 5.41) is 17.1. The van der Waals surface area contributed by atoms with Crippen LogP contribution in [0.4, 0.5) is 0 Å². The zero-order valence-electron chi connectivity index (χ0n) is 13.8. The van der Waals surface area contributed by atoms with Crippen molar-refractivity contribution < 1.29 is 14.6 Å². The number of thiol groups is 1. The summed E-state index contributed by atoms with van der Waals surface area (Å²) >= 11 is 10.1. The Labute approximate surface area is 160 Å². The Kier molecular flexibility index (Phi) is 5.49. The largest absolute Gasteiger partial charge is 0.494 e. The molecule has 1 aromatic heterocycles. The van der Waals surface area contributed by atoms with Crippen molar-refractivity contribution in [1.29, 1.82) is 0 Å². The second-order valence-corrected chi connectivity index (χ2v) is 6.34. The van der Waals surface area contributed by atoms with E-state index in [0.29, 0.717) is 23.1 Å². The number of carboxylic acids is 1. The minimum absolute atomic E-state index is 0.218. The average Bonchev–Trinajstić information content (AvgIpc) is 3.07. The first-order valence-corrected chi connectivity index (χ1v) is 8.76. The van der Waals surface area contributed by atoms with Crippen molar-refractivity contribution >= 4 is 30.2 Å². The molecule has 6 nitrogen and oxygen atoms in total. The number of ether oxygens (including phenoxy) is 1. The molecular formula is C18H16ClN3O3S. The molecule has 0 saturated carbocycles. The highest BCUT2D eigenvalue weighted by atomic mass is 35.5. The molecular weight excluding hydrogens is 374 g/mol. The van der Waals surface area contributed by atoms with E-state index in [1.54, 1.807) is 28.8 Å². The molecule has 3 aromatic rings. The molecule has 0 aliphatic heterocycles. The molecule has 1 atom stereocenters. The van der Waals surface area contributed by atoms with E-state index >= 15 is 0 Å². The van der Waals surface area contributed by atoms with Gasteiger partial charge in [-0.2, -0.15) is 12.6 Å². The number of hydrogen-bond donors (Lipinski definition) is 2. The monoisotopic (exact) mass is 389 g/mol. The first-order valence-electron chi connectivity index (χ1n) is 7.86. The van der Waals surface area contributed by atoms with Crippen LogP contribution in [0.25, 0.3) is 17.1 Å². The standard InChI is InChI=1S/C18H16ClN3O3S/c1-2-25-14-9-7-13(8-10-14)22-16(11-3-5-12(19)6-4-11)20-21-17(22)15(26)18(23)24/h3-10,15,26H,2H2,1H3,(H,23,24). The lowest BCUT2D eigenvalue weighted by molar-refractivity contribution is -0.136. The van der Waals surface area contributed by atoms with E-state index in [0.717, 1.165) is 11.3 Å². The fourth-order valence-electron chi connectivity index (χ4n) is 2.48. The van der Waals surface area contributed by atoms with Crippen LogP contribution in [-0.2, 0) is 4.79 Å². The van der Waals surface area contributed by atoms with Gasteiger partial charge in [0.05, 0.1) is 6.61 Å². The number of hydrogen-bond acceptors (Lipinski definition) is 5. The van der Waals surface area contributed by atoms with Gasteiger partial charge in [0, 0.05) is 16.3 Å². The fraction of sp³-hybridized carbons (Fsp3) is 0.167. The second kappa shape index (κ2) is 7.80. The van der Waals surface area contributed by atoms with Gasteiger partial charge < -0.3 is 9.84 Å². The fourth-order valence-corrected chi connectivity index (χ4v) is 2.78. The van der Waals surface area contributed by atoms with Crippen molar-refractivity contribution in [1.82, 2.24) is 14.8 Å². The predicted octanol–water partition coefficient (Wildman–Crippen LogP) is 4.04. The zero-order chi connectivity index (χ0) is 18.7. The number of rotatable bonds is 6. The van der Waals surface area contributed by atoms with Crippen LogP contribution >= 0.6 is 24.2 Å². The molecule has 0 bridgehead atoms. The number of benzene rings is 2. The highest BCUT2D eigenvalue weighted by molar-refractivity contribution is 7.81. The van der Waals surface area contributed by atoms with Crippen LogP contribution < -0.4 is 4.74 Å². The third kappa shape index (κ3) is 3.68. The van der Waals surface area contributed by atoms with E-state index in [1.165, 1.54) is 0 Å². The topological polar surface area (TPSA) is 77.2 Å². The maximum Gasteiger partial charge on any atom is 0.324 e. The normalized spacial score (nSPS) is 12.0. The van der Waals surface area contributed by atoms with Crippen LogP contribution in [0.15, 0.2) is 48.5 Å². The third-order valence-electron chi connectivity index (χ3n) is 3.67. The Morgan fingerprint density at radius 2 is 1.85 bits per heavy atom. The highest BCUT2D eigenvalue weighted by Gasteiger charge is 2.25. The van der Waals surface area contributed by atoms with Crippen LogP contribution in [0.1, 0.15) is 18.0 Å². The van der Waals surface area contributed by atoms with Gasteiger partial charge >= 0.3 is 5.97 Å². The molecule has 134 valence electrons. The van der Waals surface area contributed by atoms with Gasteiger partial charge in [-0.3, -0.25) is 9.36 Å². The van der Waals surface area contributed by atoms with E-state index in [2.05, 4.69) is 22.8 Å². The van der Waals surface area contributed by atoms with Crippen molar-refractivity contribution in [2.75, 3.05) is 6.61 Å². The smallest absolute Gasteiger partial charge is 0.324 e. The number of carbonyl (C=O) groups is 1. The first kappa shape index (κ1) is 18.3. The Morgan fingerprint density at radius 1 is 1.19 bits per heavy atom. The van der Waals surface area contributed by atoms with Gasteiger partial charge in [-0.15, -0.1) is 10.2 Å². The molecule has 26 heavy (non-hydrogen) atoms. The molecule has 0 saturated heterocycles. The lowest BCUT2D eigenvalue weighted by Gasteiger charge is -2.13. The summed E-state index contributed by atoms with van der Waals surface area (Å²) in [5.41, 5.74) is 1.46. The molecule has 0 radical (unpaired) electrons. The van der Waals surface area contributed by atoms with Gasteiger partial charge in [-0.25, -0.2) is 0 Å². The van der Waals surface area contributed by atoms with E-state index in [1.807, 2.05) is 31.2 Å². The number of nitrogens with zero attached hydrogens (tertiary/aromatic N) is 3. The van der Waals surface area contributed by atoms with E-state index in [-0.39, 0.29) is 5.82 Å². The Hall–Kier alpha value is -2.51. The number of aromatic nitrogens is 3. The molecule has 1 N–H and O–H groups in total. The molecule has 1 heterocycles. The van der Waals surface area contributed by atoms with Crippen LogP contribution in [0.5, 0.6) is 5.75 Å². The molecule has 2 aromatic carbocycles. The quantitative estimate of drug-likeness (QED) is 0.622. The van der Waals surface area contributed by atoms with Crippen LogP contribution in [0, 0.1) is 0 Å². The summed E-state index contributed by atoms with van der Waals surface area (Å²) in [6.07, 6.45) is 0. The van der Waals surface area contributed by atoms with Crippen molar-refractivity contribution in [3.63, 3.8) is 0 Å². The Bertz CT molecular complexity index is 910. The van der Waals surface area contributed by atoms with Crippen molar-refractivity contribution in [2.45, 2.75) is 12.2 Å². The van der Waals surface area contributed by atoms with Crippen LogP contribution in [0.3, 0.4) is 0 Å². The molecule has 0 fully saturated rings. The first-order chi connectivity index (χ1) is 12.5. The third-order valence-corrected chi connectivity index (χ3v) is 4.38. The summed E-state index contributed by atoms with van der Waals surface area (Å²) in [5.74, 6) is 0.339. The van der Waals surface area contributed by atoms with E-state index in [9.17, 15) is 9.90 Å². The van der Waals surface area contributed by atoms with Crippen molar-refractivity contribution in [3.8, 4) is 22.8 Å². The molecule has 8 heteroatoms. The van der Waals surface area contributed by atoms with E-state index < -0.39 is 11.2 Å². The van der Waals surface area contributed by atoms with Gasteiger partial charge in [-0.05, 0) is 55.5 Å². The van der Waals surface area contributed by atoms with Crippen LogP contribution in [-0.4, -0.2) is 32.4 Å². The molecule has 0 amide bonds. The lowest BCUT2D eigenvalue weighted by Crippen LogP contribution is -2.12. The summed E-state index contributed by atoms with van der Waals surface area (Å²) in [6, 6.07) is 14.3. The van der Waals surface area contributed by atoms with Gasteiger partial charge in [0.15, 0.2) is 16.9 Å². The SMILES string of the molecule is CCOc1ccc(-n2c(-c3ccc(Cl)cc3)nnc2C(S)C(=O)O)cc1. The maximum atomic E-state index is 11.4. The summed E-state index contributed by atoms with van der Waals surface area (Å²) in [6.45, 7) is 2.47. The minimum Gasteiger partial charge on any atom is -0.494 e. The second-order valence-electron chi connectivity index (χ2n) is 5.39. The van der Waals surface area contributed by atoms with Crippen molar-refractivity contribution in [2.24, 2.45) is 0 Å². The molecule has 0 aliphatic carbocycles. The number of carboxylic acid groups (broad SMARTS) is 1. The van der Waals surface area contributed by atoms with Gasteiger partial charge in [0.25, 0.3) is 0 Å². The molecule has 1 unspecified atom stereocenters. The Balaban J connectivity index is 2.14. The van der Waals surface area contributed by atoms with Crippen LogP contribution in [0.2, 0.25) is 5.02 Å². The average molecular weight is 390 g/mol. The Morgan fingerprint density at radius 3 is 2.42 bits per heavy atom. The maximum absolute atomic E-state index is 11.4. The highest BCUT2D eigenvalue weighted by Crippen LogP contribution is 2.29. The van der Waals surface area contributed by atoms with Gasteiger partial charge in [0.2, 0.25) is 0 Å². The number of aliphatic carboxylic acids is 1. The summed E-state index contributed by atoms with van der Waals surface area (Å²) in [7, 11) is 0. The zero-order valence-corrected chi connectivity index (χ0v) is 15.5.